The van der Waals surface area contributed by atoms with E-state index in [0.29, 0.717) is 34.4 Å². The fourth-order valence-corrected chi connectivity index (χ4v) is 2.97. The van der Waals surface area contributed by atoms with Crippen molar-refractivity contribution in [2.45, 2.75) is 13.8 Å². The first kappa shape index (κ1) is 22.5. The van der Waals surface area contributed by atoms with E-state index in [1.807, 2.05) is 19.9 Å². The second-order valence-electron chi connectivity index (χ2n) is 6.58. The van der Waals surface area contributed by atoms with E-state index in [9.17, 15) is 9.59 Å². The molecule has 0 fully saturated rings. The Hall–Kier alpha value is -2.77. The van der Waals surface area contributed by atoms with Gasteiger partial charge >= 0.3 is 0 Å². The highest BCUT2D eigenvalue weighted by Gasteiger charge is 2.18. The van der Waals surface area contributed by atoms with Gasteiger partial charge in [0.1, 0.15) is 11.5 Å². The molecule has 0 aliphatic rings. The van der Waals surface area contributed by atoms with Crippen LogP contribution in [0.5, 0.6) is 11.5 Å². The Morgan fingerprint density at radius 2 is 1.62 bits per heavy atom. The second-order valence-corrected chi connectivity index (χ2v) is 7.02. The summed E-state index contributed by atoms with van der Waals surface area (Å²) in [5.41, 5.74) is 2.11. The molecule has 0 radical (unpaired) electrons. The van der Waals surface area contributed by atoms with Crippen LogP contribution in [0.25, 0.3) is 0 Å². The molecule has 1 unspecified atom stereocenters. The van der Waals surface area contributed by atoms with Gasteiger partial charge in [0.2, 0.25) is 0 Å². The van der Waals surface area contributed by atoms with Gasteiger partial charge in [0, 0.05) is 16.8 Å². The summed E-state index contributed by atoms with van der Waals surface area (Å²) in [4.78, 5) is 25.8. The van der Waals surface area contributed by atoms with Gasteiger partial charge in [-0.15, -0.1) is 0 Å². The number of amides is 2. The lowest BCUT2D eigenvalue weighted by Crippen LogP contribution is -3.13. The number of anilines is 2. The van der Waals surface area contributed by atoms with Crippen molar-refractivity contribution < 1.29 is 24.0 Å². The number of likely N-dealkylation sites (N-methyl/N-ethyl adjacent to an activating group) is 1. The number of methoxy groups -OCH3 is 2. The number of hydrogen-bond acceptors (Lipinski definition) is 4. The average molecular weight is 421 g/mol. The summed E-state index contributed by atoms with van der Waals surface area (Å²) in [6, 6.07) is 10.5. The monoisotopic (exact) mass is 420 g/mol. The number of quaternary nitrogens is 1. The smallest absolute Gasteiger partial charge is 0.279 e. The van der Waals surface area contributed by atoms with Crippen molar-refractivity contribution in [1.29, 1.82) is 0 Å². The van der Waals surface area contributed by atoms with E-state index in [0.717, 1.165) is 10.5 Å². The number of rotatable bonds is 9. The quantitative estimate of drug-likeness (QED) is 0.580. The van der Waals surface area contributed by atoms with Crippen LogP contribution < -0.4 is 25.0 Å². The molecule has 2 amide bonds. The Morgan fingerprint density at radius 1 is 0.966 bits per heavy atom. The lowest BCUT2D eigenvalue weighted by molar-refractivity contribution is -0.881. The maximum atomic E-state index is 12.5. The largest absolute Gasteiger partial charge is 0.497 e. The van der Waals surface area contributed by atoms with Crippen molar-refractivity contribution >= 4 is 34.8 Å². The molecule has 0 aromatic heterocycles. The zero-order valence-electron chi connectivity index (χ0n) is 17.1. The summed E-state index contributed by atoms with van der Waals surface area (Å²) in [6.07, 6.45) is 0. The molecule has 3 N–H and O–H groups in total. The molecule has 2 aromatic carbocycles. The SMILES string of the molecule is CC[NH+](CC(=O)Nc1cc(Cl)ccc1C)CC(=O)Nc1cc(OC)ccc1OC. The number of benzene rings is 2. The van der Waals surface area contributed by atoms with Crippen LogP contribution in [0.2, 0.25) is 5.02 Å². The maximum Gasteiger partial charge on any atom is 0.279 e. The van der Waals surface area contributed by atoms with Gasteiger partial charge in [-0.05, 0) is 43.7 Å². The number of carbonyl (C=O) groups is 2. The molecule has 8 heteroatoms. The number of carbonyl (C=O) groups excluding carboxylic acids is 2. The van der Waals surface area contributed by atoms with E-state index in [1.54, 1.807) is 37.4 Å². The summed E-state index contributed by atoms with van der Waals surface area (Å²) in [6.45, 7) is 4.73. The van der Waals surface area contributed by atoms with Crippen molar-refractivity contribution in [2.75, 3.05) is 44.5 Å². The zero-order valence-corrected chi connectivity index (χ0v) is 17.9. The van der Waals surface area contributed by atoms with E-state index in [4.69, 9.17) is 21.1 Å². The van der Waals surface area contributed by atoms with Crippen LogP contribution >= 0.6 is 11.6 Å². The van der Waals surface area contributed by atoms with Crippen LogP contribution in [0.1, 0.15) is 12.5 Å². The third kappa shape index (κ3) is 6.66. The number of halogens is 1. The fraction of sp³-hybridized carbons (Fsp3) is 0.333. The Bertz CT molecular complexity index is 873. The van der Waals surface area contributed by atoms with Crippen LogP contribution in [-0.4, -0.2) is 45.7 Å². The van der Waals surface area contributed by atoms with Crippen molar-refractivity contribution in [3.05, 3.63) is 47.0 Å². The van der Waals surface area contributed by atoms with Crippen molar-refractivity contribution in [2.24, 2.45) is 0 Å². The summed E-state index contributed by atoms with van der Waals surface area (Å²) >= 11 is 6.00. The number of ether oxygens (including phenoxy) is 2. The van der Waals surface area contributed by atoms with Gasteiger partial charge in [0.05, 0.1) is 26.5 Å². The lowest BCUT2D eigenvalue weighted by atomic mass is 10.2. The highest BCUT2D eigenvalue weighted by atomic mass is 35.5. The highest BCUT2D eigenvalue weighted by molar-refractivity contribution is 6.31. The minimum Gasteiger partial charge on any atom is -0.497 e. The van der Waals surface area contributed by atoms with E-state index in [-0.39, 0.29) is 24.9 Å². The Balaban J connectivity index is 1.97. The molecule has 1 atom stereocenters. The Labute approximate surface area is 175 Å². The number of nitrogens with one attached hydrogen (secondary N) is 3. The number of hydrogen-bond donors (Lipinski definition) is 3. The zero-order chi connectivity index (χ0) is 21.4. The van der Waals surface area contributed by atoms with Crippen molar-refractivity contribution in [3.63, 3.8) is 0 Å². The molecule has 7 nitrogen and oxygen atoms in total. The minimum absolute atomic E-state index is 0.138. The molecular formula is C21H27ClN3O4+. The Morgan fingerprint density at radius 3 is 2.21 bits per heavy atom. The van der Waals surface area contributed by atoms with Gasteiger partial charge in [-0.25, -0.2) is 0 Å². The molecule has 2 rings (SSSR count). The molecule has 0 bridgehead atoms. The first-order valence-electron chi connectivity index (χ1n) is 9.27. The third-order valence-electron chi connectivity index (χ3n) is 4.48. The normalized spacial score (nSPS) is 11.5. The number of aryl methyl sites for hydroxylation is 1. The molecule has 0 aliphatic heterocycles. The van der Waals surface area contributed by atoms with Gasteiger partial charge in [-0.2, -0.15) is 0 Å². The predicted molar refractivity (Wildman–Crippen MR) is 114 cm³/mol. The molecule has 29 heavy (non-hydrogen) atoms. The van der Waals surface area contributed by atoms with E-state index < -0.39 is 0 Å². The first-order valence-corrected chi connectivity index (χ1v) is 9.65. The minimum atomic E-state index is -0.222. The standard InChI is InChI=1S/C21H26ClN3O4/c1-5-25(12-20(26)23-17-10-15(22)7-6-14(17)2)13-21(27)24-18-11-16(28-3)8-9-19(18)29-4/h6-11H,5,12-13H2,1-4H3,(H,23,26)(H,24,27)/p+1. The van der Waals surface area contributed by atoms with Crippen LogP contribution in [0.3, 0.4) is 0 Å². The van der Waals surface area contributed by atoms with E-state index in [2.05, 4.69) is 10.6 Å². The van der Waals surface area contributed by atoms with Gasteiger partial charge < -0.3 is 25.0 Å². The van der Waals surface area contributed by atoms with Crippen LogP contribution in [0.4, 0.5) is 11.4 Å². The van der Waals surface area contributed by atoms with E-state index >= 15 is 0 Å². The predicted octanol–water partition coefficient (Wildman–Crippen LogP) is 2.15. The third-order valence-corrected chi connectivity index (χ3v) is 4.71. The van der Waals surface area contributed by atoms with E-state index in [1.165, 1.54) is 7.11 Å². The summed E-state index contributed by atoms with van der Waals surface area (Å²) in [5.74, 6) is 0.738. The van der Waals surface area contributed by atoms with Gasteiger partial charge in [0.25, 0.3) is 11.8 Å². The molecule has 156 valence electrons. The molecule has 0 saturated heterocycles. The van der Waals surface area contributed by atoms with Crippen LogP contribution in [-0.2, 0) is 9.59 Å². The van der Waals surface area contributed by atoms with Crippen molar-refractivity contribution in [3.8, 4) is 11.5 Å². The molecule has 0 heterocycles. The molecule has 2 aromatic rings. The van der Waals surface area contributed by atoms with Gasteiger partial charge in [-0.3, -0.25) is 9.59 Å². The molecule has 0 spiro atoms. The Kier molecular flexibility index (Phi) is 8.30. The average Bonchev–Trinajstić information content (AvgIpc) is 2.70. The summed E-state index contributed by atoms with van der Waals surface area (Å²) < 4.78 is 10.5. The van der Waals surface area contributed by atoms with Crippen LogP contribution in [0, 0.1) is 6.92 Å². The lowest BCUT2D eigenvalue weighted by Gasteiger charge is -2.18. The van der Waals surface area contributed by atoms with Crippen molar-refractivity contribution in [1.82, 2.24) is 0 Å². The van der Waals surface area contributed by atoms with Crippen LogP contribution in [0.15, 0.2) is 36.4 Å². The first-order chi connectivity index (χ1) is 13.9. The molecular weight excluding hydrogens is 394 g/mol. The summed E-state index contributed by atoms with van der Waals surface area (Å²) in [5, 5.41) is 6.24. The molecule has 0 saturated carbocycles. The highest BCUT2D eigenvalue weighted by Crippen LogP contribution is 2.28. The fourth-order valence-electron chi connectivity index (χ4n) is 2.80. The van der Waals surface area contributed by atoms with Gasteiger partial charge in [-0.1, -0.05) is 17.7 Å². The maximum absolute atomic E-state index is 12.5. The summed E-state index contributed by atoms with van der Waals surface area (Å²) in [7, 11) is 3.08. The van der Waals surface area contributed by atoms with Gasteiger partial charge in [0.15, 0.2) is 13.1 Å². The second kappa shape index (κ2) is 10.7. The topological polar surface area (TPSA) is 81.1 Å². The molecule has 0 aliphatic carbocycles.